The number of para-hydroxylation sites is 1. The molecule has 2 aromatic carbocycles. The second-order valence-corrected chi connectivity index (χ2v) is 8.60. The van der Waals surface area contributed by atoms with Gasteiger partial charge in [-0.2, -0.15) is 0 Å². The highest BCUT2D eigenvalue weighted by molar-refractivity contribution is 7.20. The summed E-state index contributed by atoms with van der Waals surface area (Å²) in [5.41, 5.74) is 3.40. The number of ether oxygens (including phenoxy) is 1. The first-order valence-electron chi connectivity index (χ1n) is 10.5. The second kappa shape index (κ2) is 9.38. The quantitative estimate of drug-likeness (QED) is 0.426. The van der Waals surface area contributed by atoms with E-state index in [9.17, 15) is 14.4 Å². The Bertz CT molecular complexity index is 1400. The van der Waals surface area contributed by atoms with Crippen LogP contribution in [0.25, 0.3) is 10.2 Å². The van der Waals surface area contributed by atoms with Gasteiger partial charge in [0.1, 0.15) is 4.83 Å². The molecular formula is C25H23N3O4S. The van der Waals surface area contributed by atoms with Crippen molar-refractivity contribution in [1.82, 2.24) is 9.55 Å². The molecule has 4 rings (SSSR count). The zero-order chi connectivity index (χ0) is 23.5. The molecule has 0 aliphatic rings. The predicted molar refractivity (Wildman–Crippen MR) is 129 cm³/mol. The fourth-order valence-electron chi connectivity index (χ4n) is 3.54. The first kappa shape index (κ1) is 22.4. The van der Waals surface area contributed by atoms with Gasteiger partial charge in [0.2, 0.25) is 0 Å². The summed E-state index contributed by atoms with van der Waals surface area (Å²) < 4.78 is 6.50. The molecule has 2 heterocycles. The SMILES string of the molecule is CCOC(=O)c1ccc(Cn2cnc3sc(C(=O)Nc4ccccc4C)c(C)c3c2=O)cc1. The maximum Gasteiger partial charge on any atom is 0.338 e. The van der Waals surface area contributed by atoms with Crippen LogP contribution in [0.1, 0.15) is 43.6 Å². The molecule has 0 aliphatic heterocycles. The summed E-state index contributed by atoms with van der Waals surface area (Å²) >= 11 is 1.21. The van der Waals surface area contributed by atoms with Crippen LogP contribution in [-0.4, -0.2) is 28.0 Å². The van der Waals surface area contributed by atoms with Crippen LogP contribution in [0.2, 0.25) is 0 Å². The summed E-state index contributed by atoms with van der Waals surface area (Å²) in [6, 6.07) is 14.4. The number of carbonyl (C=O) groups is 2. The van der Waals surface area contributed by atoms with Crippen molar-refractivity contribution in [3.63, 3.8) is 0 Å². The molecule has 0 saturated heterocycles. The fourth-order valence-corrected chi connectivity index (χ4v) is 4.57. The third-order valence-corrected chi connectivity index (χ3v) is 6.53. The summed E-state index contributed by atoms with van der Waals surface area (Å²) in [5.74, 6) is -0.639. The van der Waals surface area contributed by atoms with E-state index in [2.05, 4.69) is 10.3 Å². The largest absolute Gasteiger partial charge is 0.462 e. The van der Waals surface area contributed by atoms with Gasteiger partial charge in [-0.05, 0) is 55.7 Å². The van der Waals surface area contributed by atoms with E-state index in [1.807, 2.05) is 31.2 Å². The minimum Gasteiger partial charge on any atom is -0.462 e. The molecule has 8 heteroatoms. The lowest BCUT2D eigenvalue weighted by atomic mass is 10.1. The Morgan fingerprint density at radius 1 is 1.09 bits per heavy atom. The van der Waals surface area contributed by atoms with Crippen molar-refractivity contribution in [2.24, 2.45) is 0 Å². The molecule has 0 saturated carbocycles. The maximum atomic E-state index is 13.2. The normalized spacial score (nSPS) is 10.9. The third-order valence-electron chi connectivity index (χ3n) is 5.33. The molecule has 0 aliphatic carbocycles. The molecule has 2 aromatic heterocycles. The molecule has 1 N–H and O–H groups in total. The standard InChI is InChI=1S/C25H23N3O4S/c1-4-32-25(31)18-11-9-17(10-12-18)13-28-14-26-23-20(24(28)30)16(3)21(33-23)22(29)27-19-8-6-5-7-15(19)2/h5-12,14H,4,13H2,1-3H3,(H,27,29). The van der Waals surface area contributed by atoms with Crippen LogP contribution < -0.4 is 10.9 Å². The highest BCUT2D eigenvalue weighted by Gasteiger charge is 2.20. The van der Waals surface area contributed by atoms with Crippen molar-refractivity contribution in [3.05, 3.63) is 92.3 Å². The lowest BCUT2D eigenvalue weighted by molar-refractivity contribution is 0.0526. The molecule has 7 nitrogen and oxygen atoms in total. The predicted octanol–water partition coefficient (Wildman–Crippen LogP) is 4.55. The van der Waals surface area contributed by atoms with Gasteiger partial charge in [-0.3, -0.25) is 14.2 Å². The lowest BCUT2D eigenvalue weighted by Crippen LogP contribution is -2.21. The molecule has 0 bridgehead atoms. The second-order valence-electron chi connectivity index (χ2n) is 7.60. The van der Waals surface area contributed by atoms with Gasteiger partial charge < -0.3 is 10.1 Å². The first-order valence-corrected chi connectivity index (χ1v) is 11.3. The van der Waals surface area contributed by atoms with Gasteiger partial charge in [-0.25, -0.2) is 9.78 Å². The van der Waals surface area contributed by atoms with Crippen LogP contribution in [0.5, 0.6) is 0 Å². The average Bonchev–Trinajstić information content (AvgIpc) is 3.15. The van der Waals surface area contributed by atoms with Crippen molar-refractivity contribution < 1.29 is 14.3 Å². The minimum atomic E-state index is -0.380. The number of rotatable bonds is 6. The van der Waals surface area contributed by atoms with Crippen LogP contribution in [0.15, 0.2) is 59.7 Å². The number of nitrogens with zero attached hydrogens (tertiary/aromatic N) is 2. The Hall–Kier alpha value is -3.78. The van der Waals surface area contributed by atoms with Crippen molar-refractivity contribution in [1.29, 1.82) is 0 Å². The Morgan fingerprint density at radius 2 is 1.82 bits per heavy atom. The van der Waals surface area contributed by atoms with E-state index in [1.54, 1.807) is 38.1 Å². The molecule has 0 spiro atoms. The van der Waals surface area contributed by atoms with E-state index in [0.717, 1.165) is 16.8 Å². The number of aryl methyl sites for hydroxylation is 2. The Morgan fingerprint density at radius 3 is 2.52 bits per heavy atom. The van der Waals surface area contributed by atoms with E-state index >= 15 is 0 Å². The molecule has 168 valence electrons. The van der Waals surface area contributed by atoms with Crippen molar-refractivity contribution in [3.8, 4) is 0 Å². The van der Waals surface area contributed by atoms with Crippen LogP contribution in [0.4, 0.5) is 5.69 Å². The molecule has 1 amide bonds. The van der Waals surface area contributed by atoms with Gasteiger partial charge in [0, 0.05) is 5.69 Å². The van der Waals surface area contributed by atoms with E-state index in [4.69, 9.17) is 4.74 Å². The Balaban J connectivity index is 1.61. The van der Waals surface area contributed by atoms with Crippen molar-refractivity contribution in [2.75, 3.05) is 11.9 Å². The molecular weight excluding hydrogens is 438 g/mol. The summed E-state index contributed by atoms with van der Waals surface area (Å²) in [6.45, 7) is 6.06. The smallest absolute Gasteiger partial charge is 0.338 e. The number of hydrogen-bond acceptors (Lipinski definition) is 6. The molecule has 0 radical (unpaired) electrons. The van der Waals surface area contributed by atoms with E-state index < -0.39 is 0 Å². The van der Waals surface area contributed by atoms with E-state index in [-0.39, 0.29) is 17.4 Å². The van der Waals surface area contributed by atoms with Crippen molar-refractivity contribution >= 4 is 39.1 Å². The number of esters is 1. The number of nitrogens with one attached hydrogen (secondary N) is 1. The molecule has 4 aromatic rings. The average molecular weight is 462 g/mol. The topological polar surface area (TPSA) is 90.3 Å². The van der Waals surface area contributed by atoms with Gasteiger partial charge in [0.15, 0.2) is 0 Å². The minimum absolute atomic E-state index is 0.210. The number of anilines is 1. The van der Waals surface area contributed by atoms with Crippen LogP contribution in [0.3, 0.4) is 0 Å². The lowest BCUT2D eigenvalue weighted by Gasteiger charge is -2.08. The summed E-state index contributed by atoms with van der Waals surface area (Å²) in [5, 5.41) is 3.37. The molecule has 0 fully saturated rings. The zero-order valence-electron chi connectivity index (χ0n) is 18.5. The first-order chi connectivity index (χ1) is 15.9. The highest BCUT2D eigenvalue weighted by atomic mass is 32.1. The number of amides is 1. The summed E-state index contributed by atoms with van der Waals surface area (Å²) in [6.07, 6.45) is 1.49. The Kier molecular flexibility index (Phi) is 6.37. The Labute approximate surface area is 194 Å². The summed E-state index contributed by atoms with van der Waals surface area (Å²) in [7, 11) is 0. The number of thiophene rings is 1. The third kappa shape index (κ3) is 4.56. The van der Waals surface area contributed by atoms with E-state index in [0.29, 0.717) is 39.4 Å². The number of fused-ring (bicyclic) bond motifs is 1. The summed E-state index contributed by atoms with van der Waals surface area (Å²) in [4.78, 5) is 43.3. The number of carbonyl (C=O) groups excluding carboxylic acids is 2. The fraction of sp³-hybridized carbons (Fsp3) is 0.200. The highest BCUT2D eigenvalue weighted by Crippen LogP contribution is 2.28. The van der Waals surface area contributed by atoms with Crippen LogP contribution >= 0.6 is 11.3 Å². The molecule has 33 heavy (non-hydrogen) atoms. The van der Waals surface area contributed by atoms with Gasteiger partial charge in [0.25, 0.3) is 11.5 Å². The van der Waals surface area contributed by atoms with Gasteiger partial charge in [0.05, 0.1) is 35.3 Å². The van der Waals surface area contributed by atoms with E-state index in [1.165, 1.54) is 22.2 Å². The maximum absolute atomic E-state index is 13.2. The van der Waals surface area contributed by atoms with Crippen molar-refractivity contribution in [2.45, 2.75) is 27.3 Å². The number of hydrogen-bond donors (Lipinski definition) is 1. The molecule has 0 atom stereocenters. The van der Waals surface area contributed by atoms with Crippen LogP contribution in [-0.2, 0) is 11.3 Å². The monoisotopic (exact) mass is 461 g/mol. The number of benzene rings is 2. The van der Waals surface area contributed by atoms with Gasteiger partial charge >= 0.3 is 5.97 Å². The number of aromatic nitrogens is 2. The van der Waals surface area contributed by atoms with Gasteiger partial charge in [-0.1, -0.05) is 30.3 Å². The van der Waals surface area contributed by atoms with Crippen LogP contribution in [0, 0.1) is 13.8 Å². The van der Waals surface area contributed by atoms with Gasteiger partial charge in [-0.15, -0.1) is 11.3 Å². The zero-order valence-corrected chi connectivity index (χ0v) is 19.4. The molecule has 0 unspecified atom stereocenters.